The first-order valence-electron chi connectivity index (χ1n) is 3.24. The maximum absolute atomic E-state index is 10.9. The molecule has 0 amide bonds. The molecule has 2 atom stereocenters. The van der Waals surface area contributed by atoms with Crippen molar-refractivity contribution in [2.75, 3.05) is 6.61 Å². The molecule has 1 fully saturated rings. The van der Waals surface area contributed by atoms with Gasteiger partial charge in [0.25, 0.3) is 0 Å². The van der Waals surface area contributed by atoms with Gasteiger partial charge in [-0.1, -0.05) is 6.08 Å². The fourth-order valence-electron chi connectivity index (χ4n) is 1.01. The van der Waals surface area contributed by atoms with Gasteiger partial charge >= 0.3 is 0 Å². The SMILES string of the molecule is C=CC([O])C1CCCO1. The molecule has 2 unspecified atom stereocenters. The monoisotopic (exact) mass is 127 g/mol. The average molecular weight is 127 g/mol. The Hall–Kier alpha value is -0.340. The minimum atomic E-state index is -0.715. The molecule has 0 aromatic rings. The highest BCUT2D eigenvalue weighted by atomic mass is 16.5. The van der Waals surface area contributed by atoms with Gasteiger partial charge in [0.05, 0.1) is 6.10 Å². The van der Waals surface area contributed by atoms with Crippen LogP contribution < -0.4 is 0 Å². The van der Waals surface area contributed by atoms with Crippen LogP contribution in [0.5, 0.6) is 0 Å². The minimum absolute atomic E-state index is 0.0949. The summed E-state index contributed by atoms with van der Waals surface area (Å²) in [5.74, 6) is 0. The van der Waals surface area contributed by atoms with E-state index in [0.29, 0.717) is 0 Å². The Morgan fingerprint density at radius 2 is 2.56 bits per heavy atom. The fourth-order valence-corrected chi connectivity index (χ4v) is 1.01. The van der Waals surface area contributed by atoms with Crippen molar-refractivity contribution in [1.82, 2.24) is 0 Å². The quantitative estimate of drug-likeness (QED) is 0.511. The summed E-state index contributed by atoms with van der Waals surface area (Å²) in [6.07, 6.45) is 2.53. The van der Waals surface area contributed by atoms with Crippen LogP contribution >= 0.6 is 0 Å². The van der Waals surface area contributed by atoms with Gasteiger partial charge in [-0.2, -0.15) is 0 Å². The first-order valence-corrected chi connectivity index (χ1v) is 3.24. The van der Waals surface area contributed by atoms with Gasteiger partial charge < -0.3 is 4.74 Å². The summed E-state index contributed by atoms with van der Waals surface area (Å²) in [6, 6.07) is 0. The van der Waals surface area contributed by atoms with Crippen molar-refractivity contribution < 1.29 is 9.84 Å². The fraction of sp³-hybridized carbons (Fsp3) is 0.714. The summed E-state index contributed by atoms with van der Waals surface area (Å²) in [6.45, 7) is 4.16. The van der Waals surface area contributed by atoms with Gasteiger partial charge in [0.2, 0.25) is 0 Å². The van der Waals surface area contributed by atoms with Gasteiger partial charge in [-0.15, -0.1) is 6.58 Å². The molecular weight excluding hydrogens is 116 g/mol. The van der Waals surface area contributed by atoms with Crippen LogP contribution in [0, 0.1) is 0 Å². The van der Waals surface area contributed by atoms with Crippen LogP contribution in [0.2, 0.25) is 0 Å². The second-order valence-electron chi connectivity index (χ2n) is 2.25. The van der Waals surface area contributed by atoms with Gasteiger partial charge in [-0.25, -0.2) is 5.11 Å². The van der Waals surface area contributed by atoms with Crippen molar-refractivity contribution in [2.45, 2.75) is 25.0 Å². The van der Waals surface area contributed by atoms with E-state index in [0.717, 1.165) is 19.4 Å². The summed E-state index contributed by atoms with van der Waals surface area (Å²) in [5.41, 5.74) is 0. The first kappa shape index (κ1) is 6.78. The summed E-state index contributed by atoms with van der Waals surface area (Å²) in [7, 11) is 0. The van der Waals surface area contributed by atoms with E-state index in [9.17, 15) is 5.11 Å². The van der Waals surface area contributed by atoms with Crippen molar-refractivity contribution in [3.63, 3.8) is 0 Å². The Kier molecular flexibility index (Phi) is 2.25. The average Bonchev–Trinajstić information content (AvgIpc) is 2.37. The highest BCUT2D eigenvalue weighted by Crippen LogP contribution is 2.15. The van der Waals surface area contributed by atoms with E-state index in [1.54, 1.807) is 0 Å². The zero-order chi connectivity index (χ0) is 6.69. The summed E-state index contributed by atoms with van der Waals surface area (Å²) in [5, 5.41) is 10.9. The lowest BCUT2D eigenvalue weighted by atomic mass is 10.1. The van der Waals surface area contributed by atoms with E-state index < -0.39 is 6.10 Å². The number of hydrogen-bond donors (Lipinski definition) is 0. The van der Waals surface area contributed by atoms with Gasteiger partial charge in [-0.3, -0.25) is 0 Å². The van der Waals surface area contributed by atoms with Gasteiger partial charge in [0, 0.05) is 6.61 Å². The van der Waals surface area contributed by atoms with Crippen LogP contribution in [0.4, 0.5) is 0 Å². The third-order valence-corrected chi connectivity index (χ3v) is 1.56. The largest absolute Gasteiger partial charge is 0.375 e. The lowest BCUT2D eigenvalue weighted by Crippen LogP contribution is -2.20. The molecule has 2 nitrogen and oxygen atoms in total. The van der Waals surface area contributed by atoms with Gasteiger partial charge in [0.15, 0.2) is 0 Å². The molecule has 1 heterocycles. The van der Waals surface area contributed by atoms with E-state index in [2.05, 4.69) is 6.58 Å². The smallest absolute Gasteiger partial charge is 0.137 e. The molecule has 1 saturated heterocycles. The lowest BCUT2D eigenvalue weighted by Gasteiger charge is -2.09. The molecule has 0 spiro atoms. The molecule has 51 valence electrons. The molecule has 1 aliphatic rings. The Morgan fingerprint density at radius 1 is 1.78 bits per heavy atom. The predicted molar refractivity (Wildman–Crippen MR) is 33.6 cm³/mol. The number of ether oxygens (including phenoxy) is 1. The molecule has 0 N–H and O–H groups in total. The molecule has 1 radical (unpaired) electrons. The lowest BCUT2D eigenvalue weighted by molar-refractivity contribution is -0.0121. The number of rotatable bonds is 2. The van der Waals surface area contributed by atoms with E-state index in [4.69, 9.17) is 4.74 Å². The second kappa shape index (κ2) is 2.99. The minimum Gasteiger partial charge on any atom is -0.375 e. The van der Waals surface area contributed by atoms with Crippen molar-refractivity contribution in [3.05, 3.63) is 12.7 Å². The highest BCUT2D eigenvalue weighted by Gasteiger charge is 2.22. The van der Waals surface area contributed by atoms with Crippen molar-refractivity contribution >= 4 is 0 Å². The van der Waals surface area contributed by atoms with Crippen LogP contribution in [0.15, 0.2) is 12.7 Å². The standard InChI is InChI=1S/C7H11O2/c1-2-6(8)7-4-3-5-9-7/h2,6-7H,1,3-5H2. The van der Waals surface area contributed by atoms with Crippen molar-refractivity contribution in [2.24, 2.45) is 0 Å². The summed E-state index contributed by atoms with van der Waals surface area (Å²) < 4.78 is 5.12. The molecule has 0 bridgehead atoms. The molecular formula is C7H11O2. The maximum atomic E-state index is 10.9. The van der Waals surface area contributed by atoms with Crippen molar-refractivity contribution in [1.29, 1.82) is 0 Å². The third kappa shape index (κ3) is 1.53. The van der Waals surface area contributed by atoms with Gasteiger partial charge in [-0.05, 0) is 12.8 Å². The van der Waals surface area contributed by atoms with Crippen LogP contribution in [-0.4, -0.2) is 18.8 Å². The van der Waals surface area contributed by atoms with Crippen LogP contribution in [0.3, 0.4) is 0 Å². The second-order valence-corrected chi connectivity index (χ2v) is 2.25. The summed E-state index contributed by atoms with van der Waals surface area (Å²) >= 11 is 0. The van der Waals surface area contributed by atoms with E-state index in [1.807, 2.05) is 0 Å². The molecule has 0 aromatic carbocycles. The van der Waals surface area contributed by atoms with Gasteiger partial charge in [0.1, 0.15) is 6.10 Å². The molecule has 9 heavy (non-hydrogen) atoms. The molecule has 2 heteroatoms. The zero-order valence-corrected chi connectivity index (χ0v) is 5.38. The van der Waals surface area contributed by atoms with E-state index >= 15 is 0 Å². The summed E-state index contributed by atoms with van der Waals surface area (Å²) in [4.78, 5) is 0. The first-order chi connectivity index (χ1) is 4.34. The van der Waals surface area contributed by atoms with Crippen LogP contribution in [0.25, 0.3) is 0 Å². The maximum Gasteiger partial charge on any atom is 0.137 e. The predicted octanol–water partition coefficient (Wildman–Crippen LogP) is 1.15. The Labute approximate surface area is 55.1 Å². The van der Waals surface area contributed by atoms with Crippen LogP contribution in [-0.2, 0) is 9.84 Å². The zero-order valence-electron chi connectivity index (χ0n) is 5.38. The van der Waals surface area contributed by atoms with Crippen LogP contribution in [0.1, 0.15) is 12.8 Å². The normalized spacial score (nSPS) is 30.1. The number of hydrogen-bond acceptors (Lipinski definition) is 1. The topological polar surface area (TPSA) is 29.1 Å². The van der Waals surface area contributed by atoms with E-state index in [-0.39, 0.29) is 6.10 Å². The van der Waals surface area contributed by atoms with E-state index in [1.165, 1.54) is 6.08 Å². The molecule has 0 aromatic heterocycles. The Bertz CT molecular complexity index is 95.1. The Morgan fingerprint density at radius 3 is 3.00 bits per heavy atom. The third-order valence-electron chi connectivity index (χ3n) is 1.56. The Balaban J connectivity index is 2.32. The molecule has 0 aliphatic carbocycles. The van der Waals surface area contributed by atoms with Crippen molar-refractivity contribution in [3.8, 4) is 0 Å². The molecule has 1 rings (SSSR count). The molecule has 0 saturated carbocycles. The highest BCUT2D eigenvalue weighted by molar-refractivity contribution is 4.86. The molecule has 1 aliphatic heterocycles.